The van der Waals surface area contributed by atoms with Gasteiger partial charge >= 0.3 is 0 Å². The fourth-order valence-corrected chi connectivity index (χ4v) is 3.25. The number of hydrogen-bond acceptors (Lipinski definition) is 3. The van der Waals surface area contributed by atoms with Crippen molar-refractivity contribution in [3.8, 4) is 0 Å². The van der Waals surface area contributed by atoms with Gasteiger partial charge in [0.2, 0.25) is 0 Å². The molecule has 2 saturated heterocycles. The molecule has 0 radical (unpaired) electrons. The summed E-state index contributed by atoms with van der Waals surface area (Å²) in [5.74, 6) is 0. The highest BCUT2D eigenvalue weighted by molar-refractivity contribution is 5.46. The summed E-state index contributed by atoms with van der Waals surface area (Å²) >= 11 is 0. The molecule has 1 aromatic carbocycles. The summed E-state index contributed by atoms with van der Waals surface area (Å²) in [4.78, 5) is 2.50. The van der Waals surface area contributed by atoms with E-state index in [1.807, 2.05) is 0 Å². The van der Waals surface area contributed by atoms with Gasteiger partial charge in [0.05, 0.1) is 6.10 Å². The Kier molecular flexibility index (Phi) is 4.93. The molecule has 20 heavy (non-hydrogen) atoms. The van der Waals surface area contributed by atoms with E-state index in [9.17, 15) is 0 Å². The summed E-state index contributed by atoms with van der Waals surface area (Å²) < 4.78 is 5.79. The van der Waals surface area contributed by atoms with Crippen molar-refractivity contribution in [1.82, 2.24) is 5.32 Å². The maximum absolute atomic E-state index is 5.79. The molecule has 1 atom stereocenters. The van der Waals surface area contributed by atoms with E-state index in [-0.39, 0.29) is 0 Å². The third kappa shape index (κ3) is 3.74. The first kappa shape index (κ1) is 13.9. The predicted octanol–water partition coefficient (Wildman–Crippen LogP) is 2.81. The first-order chi connectivity index (χ1) is 9.92. The van der Waals surface area contributed by atoms with Crippen molar-refractivity contribution in [3.05, 3.63) is 30.3 Å². The molecule has 2 aliphatic rings. The van der Waals surface area contributed by atoms with Crippen molar-refractivity contribution in [2.45, 2.75) is 44.2 Å². The van der Waals surface area contributed by atoms with Crippen LogP contribution in [0.25, 0.3) is 0 Å². The summed E-state index contributed by atoms with van der Waals surface area (Å²) in [6.07, 6.45) is 6.74. The van der Waals surface area contributed by atoms with E-state index in [0.29, 0.717) is 12.1 Å². The lowest BCUT2D eigenvalue weighted by molar-refractivity contribution is 0.0149. The van der Waals surface area contributed by atoms with Gasteiger partial charge in [-0.25, -0.2) is 0 Å². The minimum Gasteiger partial charge on any atom is -0.377 e. The van der Waals surface area contributed by atoms with Crippen LogP contribution in [0.1, 0.15) is 32.1 Å². The van der Waals surface area contributed by atoms with Crippen molar-refractivity contribution in [3.63, 3.8) is 0 Å². The molecule has 2 heterocycles. The van der Waals surface area contributed by atoms with E-state index in [1.165, 1.54) is 37.8 Å². The molecule has 0 aromatic heterocycles. The number of piperidine rings is 1. The van der Waals surface area contributed by atoms with Crippen molar-refractivity contribution in [1.29, 1.82) is 0 Å². The molecule has 0 aliphatic carbocycles. The van der Waals surface area contributed by atoms with E-state index >= 15 is 0 Å². The number of para-hydroxylation sites is 1. The highest BCUT2D eigenvalue weighted by Crippen LogP contribution is 2.20. The molecule has 0 bridgehead atoms. The zero-order valence-electron chi connectivity index (χ0n) is 12.3. The predicted molar refractivity (Wildman–Crippen MR) is 83.3 cm³/mol. The highest BCUT2D eigenvalue weighted by Gasteiger charge is 2.21. The third-order valence-corrected chi connectivity index (χ3v) is 4.52. The second-order valence-corrected chi connectivity index (χ2v) is 5.99. The zero-order chi connectivity index (χ0) is 13.6. The van der Waals surface area contributed by atoms with E-state index in [0.717, 1.165) is 26.2 Å². The minimum atomic E-state index is 0.455. The quantitative estimate of drug-likeness (QED) is 0.913. The van der Waals surface area contributed by atoms with E-state index in [1.54, 1.807) is 0 Å². The molecular formula is C17H26N2O. The lowest BCUT2D eigenvalue weighted by Crippen LogP contribution is -2.45. The number of rotatable bonds is 4. The van der Waals surface area contributed by atoms with Crippen LogP contribution in [0.5, 0.6) is 0 Å². The van der Waals surface area contributed by atoms with Crippen LogP contribution >= 0.6 is 0 Å². The molecule has 0 spiro atoms. The maximum Gasteiger partial charge on any atom is 0.0699 e. The van der Waals surface area contributed by atoms with Crippen LogP contribution in [0.4, 0.5) is 5.69 Å². The molecule has 3 nitrogen and oxygen atoms in total. The Hall–Kier alpha value is -1.06. The number of benzene rings is 1. The Labute approximate surface area is 122 Å². The molecule has 3 heteroatoms. The van der Waals surface area contributed by atoms with Gasteiger partial charge in [-0.15, -0.1) is 0 Å². The SMILES string of the molecule is c1ccc(N2CCC(NCC3CCCCO3)CC2)cc1. The smallest absolute Gasteiger partial charge is 0.0699 e. The molecule has 3 rings (SSSR count). The van der Waals surface area contributed by atoms with Crippen molar-refractivity contribution in [2.24, 2.45) is 0 Å². The lowest BCUT2D eigenvalue weighted by Gasteiger charge is -2.35. The Morgan fingerprint density at radius 2 is 1.85 bits per heavy atom. The van der Waals surface area contributed by atoms with Crippen LogP contribution in [0.3, 0.4) is 0 Å². The highest BCUT2D eigenvalue weighted by atomic mass is 16.5. The topological polar surface area (TPSA) is 24.5 Å². The minimum absolute atomic E-state index is 0.455. The van der Waals surface area contributed by atoms with Gasteiger partial charge in [-0.1, -0.05) is 18.2 Å². The van der Waals surface area contributed by atoms with Gasteiger partial charge in [0.25, 0.3) is 0 Å². The molecule has 1 N–H and O–H groups in total. The largest absolute Gasteiger partial charge is 0.377 e. The van der Waals surface area contributed by atoms with Gasteiger partial charge in [-0.2, -0.15) is 0 Å². The average Bonchev–Trinajstić information content (AvgIpc) is 2.55. The summed E-state index contributed by atoms with van der Waals surface area (Å²) in [7, 11) is 0. The number of nitrogens with one attached hydrogen (secondary N) is 1. The zero-order valence-corrected chi connectivity index (χ0v) is 12.3. The monoisotopic (exact) mass is 274 g/mol. The van der Waals surface area contributed by atoms with E-state index in [4.69, 9.17) is 4.74 Å². The van der Waals surface area contributed by atoms with Crippen LogP contribution in [-0.2, 0) is 4.74 Å². The second-order valence-electron chi connectivity index (χ2n) is 5.99. The van der Waals surface area contributed by atoms with Gasteiger partial charge in [0.1, 0.15) is 0 Å². The maximum atomic E-state index is 5.79. The third-order valence-electron chi connectivity index (χ3n) is 4.52. The normalized spacial score (nSPS) is 24.8. The number of nitrogens with zero attached hydrogens (tertiary/aromatic N) is 1. The van der Waals surface area contributed by atoms with Gasteiger partial charge < -0.3 is 15.0 Å². The molecule has 110 valence electrons. The first-order valence-corrected chi connectivity index (χ1v) is 8.07. The van der Waals surface area contributed by atoms with Crippen LogP contribution in [-0.4, -0.2) is 38.4 Å². The van der Waals surface area contributed by atoms with Gasteiger partial charge in [-0.3, -0.25) is 0 Å². The van der Waals surface area contributed by atoms with Crippen LogP contribution in [0, 0.1) is 0 Å². The van der Waals surface area contributed by atoms with E-state index < -0.39 is 0 Å². The van der Waals surface area contributed by atoms with Crippen LogP contribution in [0.15, 0.2) is 30.3 Å². The molecular weight excluding hydrogens is 248 g/mol. The molecule has 2 aliphatic heterocycles. The standard InChI is InChI=1S/C17H26N2O/c1-2-6-16(7-3-1)19-11-9-15(10-12-19)18-14-17-8-4-5-13-20-17/h1-3,6-7,15,17-18H,4-5,8-14H2. The van der Waals surface area contributed by atoms with Crippen molar-refractivity contribution >= 4 is 5.69 Å². The molecule has 0 amide bonds. The molecule has 1 unspecified atom stereocenters. The fraction of sp³-hybridized carbons (Fsp3) is 0.647. The molecule has 1 aromatic rings. The number of hydrogen-bond donors (Lipinski definition) is 1. The summed E-state index contributed by atoms with van der Waals surface area (Å²) in [6.45, 7) is 4.31. The Morgan fingerprint density at radius 3 is 2.55 bits per heavy atom. The van der Waals surface area contributed by atoms with Gasteiger partial charge in [0, 0.05) is 38.0 Å². The Bertz CT molecular complexity index is 381. The summed E-state index contributed by atoms with van der Waals surface area (Å²) in [6, 6.07) is 11.4. The van der Waals surface area contributed by atoms with E-state index in [2.05, 4.69) is 40.5 Å². The summed E-state index contributed by atoms with van der Waals surface area (Å²) in [5, 5.41) is 3.71. The second kappa shape index (κ2) is 7.09. The van der Waals surface area contributed by atoms with Gasteiger partial charge in [0.15, 0.2) is 0 Å². The number of ether oxygens (including phenoxy) is 1. The Balaban J connectivity index is 1.40. The first-order valence-electron chi connectivity index (χ1n) is 8.07. The molecule has 0 saturated carbocycles. The van der Waals surface area contributed by atoms with Crippen molar-refractivity contribution in [2.75, 3.05) is 31.1 Å². The van der Waals surface area contributed by atoms with Crippen molar-refractivity contribution < 1.29 is 4.74 Å². The lowest BCUT2D eigenvalue weighted by atomic mass is 10.0. The van der Waals surface area contributed by atoms with Gasteiger partial charge in [-0.05, 0) is 44.2 Å². The molecule has 2 fully saturated rings. The van der Waals surface area contributed by atoms with Crippen LogP contribution < -0.4 is 10.2 Å². The fourth-order valence-electron chi connectivity index (χ4n) is 3.25. The number of anilines is 1. The van der Waals surface area contributed by atoms with Crippen LogP contribution in [0.2, 0.25) is 0 Å². The Morgan fingerprint density at radius 1 is 1.05 bits per heavy atom. The average molecular weight is 274 g/mol. The summed E-state index contributed by atoms with van der Waals surface area (Å²) in [5.41, 5.74) is 1.36.